The van der Waals surface area contributed by atoms with E-state index in [9.17, 15) is 9.59 Å². The molecule has 0 aromatic heterocycles. The van der Waals surface area contributed by atoms with Gasteiger partial charge in [0.25, 0.3) is 11.8 Å². The second kappa shape index (κ2) is 9.10. The van der Waals surface area contributed by atoms with Crippen LogP contribution in [0.4, 0.5) is 0 Å². The molecule has 0 atom stereocenters. The minimum atomic E-state index is -0.593. The average molecular weight is 377 g/mol. The Morgan fingerprint density at radius 3 is 2.50 bits per heavy atom. The number of amides is 2. The van der Waals surface area contributed by atoms with Crippen molar-refractivity contribution in [2.24, 2.45) is 5.73 Å². The van der Waals surface area contributed by atoms with Crippen LogP contribution in [0.5, 0.6) is 11.5 Å². The van der Waals surface area contributed by atoms with Crippen molar-refractivity contribution in [3.8, 4) is 11.5 Å². The summed E-state index contributed by atoms with van der Waals surface area (Å²) < 4.78 is 10.5. The molecular weight excluding hydrogens is 356 g/mol. The van der Waals surface area contributed by atoms with E-state index in [4.69, 9.17) is 26.8 Å². The molecule has 0 aliphatic rings. The van der Waals surface area contributed by atoms with Gasteiger partial charge in [-0.15, -0.1) is 0 Å². The molecule has 0 aliphatic carbocycles. The van der Waals surface area contributed by atoms with Gasteiger partial charge < -0.3 is 20.1 Å². The second-order valence-electron chi connectivity index (χ2n) is 5.53. The molecule has 2 amide bonds. The van der Waals surface area contributed by atoms with E-state index in [2.05, 4.69) is 0 Å². The van der Waals surface area contributed by atoms with E-state index in [0.717, 1.165) is 5.56 Å². The van der Waals surface area contributed by atoms with Crippen molar-refractivity contribution in [3.05, 3.63) is 58.6 Å². The molecule has 0 fully saturated rings. The summed E-state index contributed by atoms with van der Waals surface area (Å²) in [5.41, 5.74) is 6.40. The Labute approximate surface area is 157 Å². The summed E-state index contributed by atoms with van der Waals surface area (Å²) in [6.45, 7) is 2.55. The number of benzene rings is 2. The van der Waals surface area contributed by atoms with Gasteiger partial charge in [0.2, 0.25) is 0 Å². The minimum absolute atomic E-state index is 0.160. The Kier molecular flexibility index (Phi) is 6.86. The van der Waals surface area contributed by atoms with Gasteiger partial charge in [-0.1, -0.05) is 29.8 Å². The number of carbonyl (C=O) groups is 2. The van der Waals surface area contributed by atoms with Gasteiger partial charge in [-0.3, -0.25) is 9.59 Å². The number of carbonyl (C=O) groups excluding carboxylic acids is 2. The van der Waals surface area contributed by atoms with Crippen molar-refractivity contribution in [1.82, 2.24) is 4.90 Å². The van der Waals surface area contributed by atoms with E-state index in [1.807, 2.05) is 25.1 Å². The van der Waals surface area contributed by atoms with Crippen LogP contribution in [0.2, 0.25) is 5.02 Å². The van der Waals surface area contributed by atoms with Gasteiger partial charge in [0.1, 0.15) is 0 Å². The van der Waals surface area contributed by atoms with Crippen LogP contribution in [0.15, 0.2) is 42.5 Å². The van der Waals surface area contributed by atoms with Crippen molar-refractivity contribution in [2.75, 3.05) is 20.3 Å². The maximum Gasteiger partial charge on any atom is 0.255 e. The molecule has 138 valence electrons. The van der Waals surface area contributed by atoms with Crippen molar-refractivity contribution in [1.29, 1.82) is 0 Å². The van der Waals surface area contributed by atoms with Crippen molar-refractivity contribution < 1.29 is 19.1 Å². The summed E-state index contributed by atoms with van der Waals surface area (Å²) in [5.74, 6) is -0.0563. The molecule has 2 rings (SSSR count). The molecule has 6 nitrogen and oxygen atoms in total. The smallest absolute Gasteiger partial charge is 0.255 e. The van der Waals surface area contributed by atoms with Gasteiger partial charge in [0, 0.05) is 23.7 Å². The number of ether oxygens (including phenoxy) is 2. The van der Waals surface area contributed by atoms with Crippen molar-refractivity contribution in [3.63, 3.8) is 0 Å². The number of primary amides is 1. The third kappa shape index (κ3) is 4.89. The number of hydrogen-bond donors (Lipinski definition) is 1. The summed E-state index contributed by atoms with van der Waals surface area (Å²) in [6.07, 6.45) is 0. The molecule has 2 N–H and O–H groups in total. The molecule has 0 unspecified atom stereocenters. The van der Waals surface area contributed by atoms with Gasteiger partial charge in [0.15, 0.2) is 18.1 Å². The number of hydrogen-bond acceptors (Lipinski definition) is 4. The number of halogens is 1. The standard InChI is InChI=1S/C19H21ClN2O4/c1-3-22(11-14-6-4-5-7-15(14)20)19(24)13-8-9-16(17(10-13)25-2)26-12-18(21)23/h4-10H,3,11-12H2,1-2H3,(H2,21,23). The van der Waals surface area contributed by atoms with Crippen molar-refractivity contribution in [2.45, 2.75) is 13.5 Å². The summed E-state index contributed by atoms with van der Waals surface area (Å²) in [4.78, 5) is 25.4. The number of nitrogens with zero attached hydrogens (tertiary/aromatic N) is 1. The van der Waals surface area contributed by atoms with Crippen LogP contribution in [0, 0.1) is 0 Å². The molecule has 0 aliphatic heterocycles. The molecule has 0 saturated heterocycles. The lowest BCUT2D eigenvalue weighted by atomic mass is 10.1. The number of rotatable bonds is 8. The molecule has 2 aromatic carbocycles. The Hall–Kier alpha value is -2.73. The first-order valence-electron chi connectivity index (χ1n) is 8.08. The van der Waals surface area contributed by atoms with E-state index >= 15 is 0 Å². The Balaban J connectivity index is 2.21. The van der Waals surface area contributed by atoms with Crippen LogP contribution in [0.25, 0.3) is 0 Å². The van der Waals surface area contributed by atoms with E-state index in [1.165, 1.54) is 7.11 Å². The Bertz CT molecular complexity index is 795. The second-order valence-corrected chi connectivity index (χ2v) is 5.94. The van der Waals surface area contributed by atoms with E-state index in [1.54, 1.807) is 29.2 Å². The van der Waals surface area contributed by atoms with E-state index < -0.39 is 5.91 Å². The first kappa shape index (κ1) is 19.6. The lowest BCUT2D eigenvalue weighted by Crippen LogP contribution is -2.30. The summed E-state index contributed by atoms with van der Waals surface area (Å²) in [6, 6.07) is 12.2. The summed E-state index contributed by atoms with van der Waals surface area (Å²) >= 11 is 6.19. The third-order valence-electron chi connectivity index (χ3n) is 3.77. The molecule has 0 saturated carbocycles. The molecule has 0 radical (unpaired) electrons. The summed E-state index contributed by atoms with van der Waals surface area (Å²) in [7, 11) is 1.46. The molecular formula is C19H21ClN2O4. The topological polar surface area (TPSA) is 81.9 Å². The van der Waals surface area contributed by atoms with Gasteiger partial charge in [-0.2, -0.15) is 0 Å². The highest BCUT2D eigenvalue weighted by Gasteiger charge is 2.18. The minimum Gasteiger partial charge on any atom is -0.493 e. The highest BCUT2D eigenvalue weighted by Crippen LogP contribution is 2.29. The van der Waals surface area contributed by atoms with E-state index in [-0.39, 0.29) is 12.5 Å². The monoisotopic (exact) mass is 376 g/mol. The Morgan fingerprint density at radius 1 is 1.15 bits per heavy atom. The average Bonchev–Trinajstić information content (AvgIpc) is 2.65. The van der Waals surface area contributed by atoms with Crippen LogP contribution in [0.1, 0.15) is 22.8 Å². The van der Waals surface area contributed by atoms with Gasteiger partial charge in [-0.05, 0) is 36.8 Å². The highest BCUT2D eigenvalue weighted by atomic mass is 35.5. The van der Waals surface area contributed by atoms with Gasteiger partial charge >= 0.3 is 0 Å². The van der Waals surface area contributed by atoms with Crippen LogP contribution >= 0.6 is 11.6 Å². The van der Waals surface area contributed by atoms with Crippen LogP contribution in [-0.2, 0) is 11.3 Å². The highest BCUT2D eigenvalue weighted by molar-refractivity contribution is 6.31. The fraction of sp³-hybridized carbons (Fsp3) is 0.263. The SMILES string of the molecule is CCN(Cc1ccccc1Cl)C(=O)c1ccc(OCC(N)=O)c(OC)c1. The quantitative estimate of drug-likeness (QED) is 0.768. The zero-order chi connectivity index (χ0) is 19.1. The molecule has 7 heteroatoms. The first-order chi connectivity index (χ1) is 12.5. The van der Waals surface area contributed by atoms with Crippen LogP contribution in [-0.4, -0.2) is 37.0 Å². The lowest BCUT2D eigenvalue weighted by Gasteiger charge is -2.22. The molecule has 0 bridgehead atoms. The van der Waals surface area contributed by atoms with Crippen LogP contribution < -0.4 is 15.2 Å². The maximum atomic E-state index is 12.8. The lowest BCUT2D eigenvalue weighted by molar-refractivity contribution is -0.119. The maximum absolute atomic E-state index is 12.8. The zero-order valence-corrected chi connectivity index (χ0v) is 15.5. The van der Waals surface area contributed by atoms with Crippen LogP contribution in [0.3, 0.4) is 0 Å². The largest absolute Gasteiger partial charge is 0.493 e. The first-order valence-corrected chi connectivity index (χ1v) is 8.45. The molecule has 2 aromatic rings. The molecule has 0 heterocycles. The van der Waals surface area contributed by atoms with Gasteiger partial charge in [0.05, 0.1) is 7.11 Å². The number of nitrogens with two attached hydrogens (primary N) is 1. The summed E-state index contributed by atoms with van der Waals surface area (Å²) in [5, 5.41) is 0.617. The predicted molar refractivity (Wildman–Crippen MR) is 99.5 cm³/mol. The van der Waals surface area contributed by atoms with Crippen molar-refractivity contribution >= 4 is 23.4 Å². The molecule has 0 spiro atoms. The molecule has 26 heavy (non-hydrogen) atoms. The zero-order valence-electron chi connectivity index (χ0n) is 14.7. The van der Waals surface area contributed by atoms with E-state index in [0.29, 0.717) is 35.2 Å². The number of methoxy groups -OCH3 is 1. The predicted octanol–water partition coefficient (Wildman–Crippen LogP) is 2.88. The van der Waals surface area contributed by atoms with Gasteiger partial charge in [-0.25, -0.2) is 0 Å². The Morgan fingerprint density at radius 2 is 1.88 bits per heavy atom. The fourth-order valence-electron chi connectivity index (χ4n) is 2.41. The third-order valence-corrected chi connectivity index (χ3v) is 4.14. The normalized spacial score (nSPS) is 10.3. The fourth-order valence-corrected chi connectivity index (χ4v) is 2.61.